The maximum absolute atomic E-state index is 5.81. The Kier molecular flexibility index (Phi) is 2.83. The van der Waals surface area contributed by atoms with Crippen molar-refractivity contribution in [1.82, 2.24) is 15.0 Å². The first-order valence-electron chi connectivity index (χ1n) is 6.83. The number of nitrogens with two attached hydrogens (primary N) is 1. The van der Waals surface area contributed by atoms with Gasteiger partial charge >= 0.3 is 0 Å². The van der Waals surface area contributed by atoms with Gasteiger partial charge in [-0.15, -0.1) is 0 Å². The topological polar surface area (TPSA) is 77.8 Å². The molecular formula is C17H12N4O. The fourth-order valence-corrected chi connectivity index (χ4v) is 2.41. The Morgan fingerprint density at radius 1 is 0.864 bits per heavy atom. The molecule has 0 aliphatic rings. The van der Waals surface area contributed by atoms with Gasteiger partial charge in [-0.3, -0.25) is 4.98 Å². The summed E-state index contributed by atoms with van der Waals surface area (Å²) in [5.41, 5.74) is 10.7. The number of hydrogen-bond acceptors (Lipinski definition) is 5. The maximum Gasteiger partial charge on any atom is 0.181 e. The summed E-state index contributed by atoms with van der Waals surface area (Å²) >= 11 is 0. The third-order valence-corrected chi connectivity index (χ3v) is 3.44. The molecule has 2 aromatic carbocycles. The molecule has 0 radical (unpaired) electrons. The Balaban J connectivity index is 1.94. The molecule has 0 saturated heterocycles. The SMILES string of the molecule is Nc1cnc(-c2ccc3ncoc3c2)c(-c2ccccc2)n1. The summed E-state index contributed by atoms with van der Waals surface area (Å²) in [6.07, 6.45) is 2.99. The number of rotatable bonds is 2. The quantitative estimate of drug-likeness (QED) is 0.610. The molecule has 2 N–H and O–H groups in total. The Morgan fingerprint density at radius 2 is 1.73 bits per heavy atom. The molecule has 0 fully saturated rings. The molecule has 5 heteroatoms. The summed E-state index contributed by atoms with van der Waals surface area (Å²) in [6, 6.07) is 15.6. The molecule has 0 unspecified atom stereocenters. The van der Waals surface area contributed by atoms with Gasteiger partial charge in [-0.1, -0.05) is 36.4 Å². The lowest BCUT2D eigenvalue weighted by Crippen LogP contribution is -1.98. The summed E-state index contributed by atoms with van der Waals surface area (Å²) in [4.78, 5) is 13.0. The summed E-state index contributed by atoms with van der Waals surface area (Å²) in [5.74, 6) is 0.392. The number of nitrogens with zero attached hydrogens (tertiary/aromatic N) is 3. The van der Waals surface area contributed by atoms with E-state index in [0.717, 1.165) is 33.6 Å². The fourth-order valence-electron chi connectivity index (χ4n) is 2.41. The third-order valence-electron chi connectivity index (χ3n) is 3.44. The van der Waals surface area contributed by atoms with Crippen molar-refractivity contribution in [3.8, 4) is 22.5 Å². The van der Waals surface area contributed by atoms with Crippen molar-refractivity contribution in [2.75, 3.05) is 5.73 Å². The first kappa shape index (κ1) is 12.5. The van der Waals surface area contributed by atoms with Crippen LogP contribution < -0.4 is 5.73 Å². The second-order valence-corrected chi connectivity index (χ2v) is 4.89. The average molecular weight is 288 g/mol. The van der Waals surface area contributed by atoms with Crippen LogP contribution in [0.3, 0.4) is 0 Å². The first-order chi connectivity index (χ1) is 10.8. The third kappa shape index (κ3) is 2.09. The molecule has 5 nitrogen and oxygen atoms in total. The first-order valence-corrected chi connectivity index (χ1v) is 6.83. The maximum atomic E-state index is 5.81. The second-order valence-electron chi connectivity index (χ2n) is 4.89. The van der Waals surface area contributed by atoms with Crippen molar-refractivity contribution in [1.29, 1.82) is 0 Å². The normalized spacial score (nSPS) is 10.9. The van der Waals surface area contributed by atoms with Gasteiger partial charge in [-0.2, -0.15) is 0 Å². The van der Waals surface area contributed by atoms with Gasteiger partial charge in [0.1, 0.15) is 11.3 Å². The van der Waals surface area contributed by atoms with Crippen molar-refractivity contribution in [3.05, 3.63) is 61.1 Å². The predicted octanol–water partition coefficient (Wildman–Crippen LogP) is 3.53. The molecule has 2 aromatic heterocycles. The van der Waals surface area contributed by atoms with Gasteiger partial charge in [0, 0.05) is 11.1 Å². The van der Waals surface area contributed by atoms with Crippen molar-refractivity contribution in [3.63, 3.8) is 0 Å². The minimum absolute atomic E-state index is 0.392. The lowest BCUT2D eigenvalue weighted by molar-refractivity contribution is 0.602. The smallest absolute Gasteiger partial charge is 0.181 e. The summed E-state index contributed by atoms with van der Waals surface area (Å²) in [6.45, 7) is 0. The van der Waals surface area contributed by atoms with Crippen LogP contribution in [0.4, 0.5) is 5.82 Å². The van der Waals surface area contributed by atoms with Gasteiger partial charge < -0.3 is 10.2 Å². The molecule has 0 spiro atoms. The largest absolute Gasteiger partial charge is 0.443 e. The van der Waals surface area contributed by atoms with E-state index in [1.165, 1.54) is 6.39 Å². The van der Waals surface area contributed by atoms with E-state index in [0.29, 0.717) is 5.82 Å². The van der Waals surface area contributed by atoms with Crippen LogP contribution in [0.2, 0.25) is 0 Å². The van der Waals surface area contributed by atoms with Crippen LogP contribution in [0.1, 0.15) is 0 Å². The van der Waals surface area contributed by atoms with Crippen molar-refractivity contribution in [2.24, 2.45) is 0 Å². The molecule has 0 aliphatic carbocycles. The monoisotopic (exact) mass is 288 g/mol. The van der Waals surface area contributed by atoms with Crippen molar-refractivity contribution >= 4 is 16.9 Å². The van der Waals surface area contributed by atoms with Gasteiger partial charge in [0.2, 0.25) is 0 Å². The van der Waals surface area contributed by atoms with Crippen LogP contribution >= 0.6 is 0 Å². The average Bonchev–Trinajstić information content (AvgIpc) is 3.03. The summed E-state index contributed by atoms with van der Waals surface area (Å²) < 4.78 is 5.37. The number of benzene rings is 2. The minimum Gasteiger partial charge on any atom is -0.443 e. The standard InChI is InChI=1S/C17H12N4O/c18-15-9-19-16(17(21-15)11-4-2-1-3-5-11)12-6-7-13-14(8-12)22-10-20-13/h1-10H,(H2,18,21). The zero-order valence-electron chi connectivity index (χ0n) is 11.6. The van der Waals surface area contributed by atoms with E-state index < -0.39 is 0 Å². The van der Waals surface area contributed by atoms with Gasteiger partial charge in [0.25, 0.3) is 0 Å². The van der Waals surface area contributed by atoms with Crippen LogP contribution in [-0.4, -0.2) is 15.0 Å². The fraction of sp³-hybridized carbons (Fsp3) is 0. The van der Waals surface area contributed by atoms with Gasteiger partial charge in [0.05, 0.1) is 17.6 Å². The lowest BCUT2D eigenvalue weighted by Gasteiger charge is -2.09. The molecule has 0 atom stereocenters. The van der Waals surface area contributed by atoms with Gasteiger partial charge in [-0.25, -0.2) is 9.97 Å². The van der Waals surface area contributed by atoms with E-state index in [-0.39, 0.29) is 0 Å². The summed E-state index contributed by atoms with van der Waals surface area (Å²) in [5, 5.41) is 0. The van der Waals surface area contributed by atoms with Gasteiger partial charge in [0.15, 0.2) is 12.0 Å². The Morgan fingerprint density at radius 3 is 2.59 bits per heavy atom. The van der Waals surface area contributed by atoms with Crippen LogP contribution in [0.25, 0.3) is 33.6 Å². The summed E-state index contributed by atoms with van der Waals surface area (Å²) in [7, 11) is 0. The lowest BCUT2D eigenvalue weighted by atomic mass is 10.0. The van der Waals surface area contributed by atoms with E-state index in [9.17, 15) is 0 Å². The Hall–Kier alpha value is -3.21. The zero-order chi connectivity index (χ0) is 14.9. The van der Waals surface area contributed by atoms with E-state index >= 15 is 0 Å². The predicted molar refractivity (Wildman–Crippen MR) is 84.9 cm³/mol. The van der Waals surface area contributed by atoms with E-state index in [4.69, 9.17) is 10.2 Å². The van der Waals surface area contributed by atoms with E-state index in [1.807, 2.05) is 48.5 Å². The Bertz CT molecular complexity index is 947. The minimum atomic E-state index is 0.392. The molecule has 0 amide bonds. The molecule has 2 heterocycles. The van der Waals surface area contributed by atoms with Crippen LogP contribution in [-0.2, 0) is 0 Å². The van der Waals surface area contributed by atoms with E-state index in [2.05, 4.69) is 15.0 Å². The van der Waals surface area contributed by atoms with Gasteiger partial charge in [-0.05, 0) is 12.1 Å². The highest BCUT2D eigenvalue weighted by Gasteiger charge is 2.12. The number of fused-ring (bicyclic) bond motifs is 1. The Labute approximate surface area is 126 Å². The molecule has 0 saturated carbocycles. The number of aromatic nitrogens is 3. The van der Waals surface area contributed by atoms with Crippen molar-refractivity contribution < 1.29 is 4.42 Å². The molecule has 0 bridgehead atoms. The van der Waals surface area contributed by atoms with Crippen LogP contribution in [0.5, 0.6) is 0 Å². The molecule has 4 aromatic rings. The number of oxazole rings is 1. The highest BCUT2D eigenvalue weighted by molar-refractivity contribution is 5.84. The molecule has 4 rings (SSSR count). The molecule has 106 valence electrons. The second kappa shape index (κ2) is 4.96. The highest BCUT2D eigenvalue weighted by atomic mass is 16.3. The van der Waals surface area contributed by atoms with E-state index in [1.54, 1.807) is 6.20 Å². The zero-order valence-corrected chi connectivity index (χ0v) is 11.6. The number of anilines is 1. The highest BCUT2D eigenvalue weighted by Crippen LogP contribution is 2.30. The molecular weight excluding hydrogens is 276 g/mol. The number of hydrogen-bond donors (Lipinski definition) is 1. The van der Waals surface area contributed by atoms with Crippen LogP contribution in [0.15, 0.2) is 65.5 Å². The molecule has 22 heavy (non-hydrogen) atoms. The number of nitrogen functional groups attached to an aromatic ring is 1. The molecule has 0 aliphatic heterocycles. The van der Waals surface area contributed by atoms with Crippen LogP contribution in [0, 0.1) is 0 Å². The van der Waals surface area contributed by atoms with Crippen molar-refractivity contribution in [2.45, 2.75) is 0 Å².